The number of benzene rings is 1. The first-order valence-electron chi connectivity index (χ1n) is 8.23. The number of rotatable bonds is 5. The summed E-state index contributed by atoms with van der Waals surface area (Å²) in [4.78, 5) is 14.1. The van der Waals surface area contributed by atoms with E-state index in [1.54, 1.807) is 12.1 Å². The predicted molar refractivity (Wildman–Crippen MR) is 87.3 cm³/mol. The maximum Gasteiger partial charge on any atom is 0.223 e. The Hall–Kier alpha value is -1.95. The smallest absolute Gasteiger partial charge is 0.223 e. The van der Waals surface area contributed by atoms with Gasteiger partial charge in [0.15, 0.2) is 0 Å². The molecule has 0 bridgehead atoms. The van der Waals surface area contributed by atoms with Gasteiger partial charge in [0.2, 0.25) is 5.91 Å². The lowest BCUT2D eigenvalue weighted by molar-refractivity contribution is -0.137. The molecule has 1 aromatic heterocycles. The highest BCUT2D eigenvalue weighted by Crippen LogP contribution is 2.39. The summed E-state index contributed by atoms with van der Waals surface area (Å²) in [6, 6.07) is 4.82. The van der Waals surface area contributed by atoms with Crippen LogP contribution in [0, 0.1) is 5.82 Å². The summed E-state index contributed by atoms with van der Waals surface area (Å²) in [6.07, 6.45) is 5.40. The number of nitrogens with zero attached hydrogens (tertiary/aromatic N) is 4. The fraction of sp³-hybridized carbons (Fsp3) is 0.471. The van der Waals surface area contributed by atoms with Crippen molar-refractivity contribution in [2.24, 2.45) is 0 Å². The molecule has 2 fully saturated rings. The second kappa shape index (κ2) is 6.16. The normalized spacial score (nSPS) is 17.8. The van der Waals surface area contributed by atoms with Crippen LogP contribution in [0.3, 0.4) is 0 Å². The van der Waals surface area contributed by atoms with Gasteiger partial charge in [-0.2, -0.15) is 0 Å². The summed E-state index contributed by atoms with van der Waals surface area (Å²) in [5.74, 6) is 0.268. The fourth-order valence-corrected chi connectivity index (χ4v) is 3.17. The van der Waals surface area contributed by atoms with Gasteiger partial charge in [-0.25, -0.2) is 9.07 Å². The van der Waals surface area contributed by atoms with Gasteiger partial charge in [-0.15, -0.1) is 5.10 Å². The molecule has 0 unspecified atom stereocenters. The van der Waals surface area contributed by atoms with Gasteiger partial charge >= 0.3 is 0 Å². The summed E-state index contributed by atoms with van der Waals surface area (Å²) < 4.78 is 15.0. The summed E-state index contributed by atoms with van der Waals surface area (Å²) in [7, 11) is 0. The van der Waals surface area contributed by atoms with Gasteiger partial charge in [-0.05, 0) is 37.0 Å². The topological polar surface area (TPSA) is 51.0 Å². The number of likely N-dealkylation sites (tertiary alicyclic amines) is 1. The monoisotopic (exact) mass is 348 g/mol. The molecule has 2 aromatic rings. The first-order chi connectivity index (χ1) is 11.6. The van der Waals surface area contributed by atoms with Crippen LogP contribution in [0.1, 0.15) is 42.5 Å². The Labute approximate surface area is 144 Å². The van der Waals surface area contributed by atoms with Gasteiger partial charge in [0.05, 0.1) is 16.8 Å². The molecule has 0 radical (unpaired) electrons. The number of hydrogen-bond acceptors (Lipinski definition) is 3. The number of carbonyl (C=O) groups is 1. The van der Waals surface area contributed by atoms with Gasteiger partial charge in [0.25, 0.3) is 0 Å². The number of amides is 1. The lowest BCUT2D eigenvalue weighted by atomic mass is 10.1. The molecule has 2 heterocycles. The van der Waals surface area contributed by atoms with Crippen molar-refractivity contribution >= 4 is 17.5 Å². The van der Waals surface area contributed by atoms with E-state index >= 15 is 0 Å². The molecule has 5 nitrogen and oxygen atoms in total. The van der Waals surface area contributed by atoms with E-state index in [2.05, 4.69) is 10.3 Å². The number of aryl methyl sites for hydroxylation is 1. The van der Waals surface area contributed by atoms with Crippen LogP contribution in [0.2, 0.25) is 5.02 Å². The van der Waals surface area contributed by atoms with Crippen molar-refractivity contribution in [3.8, 4) is 0 Å². The molecule has 0 atom stereocenters. The highest BCUT2D eigenvalue weighted by atomic mass is 35.5. The number of halogens is 2. The van der Waals surface area contributed by atoms with Gasteiger partial charge in [0, 0.05) is 31.6 Å². The van der Waals surface area contributed by atoms with E-state index in [1.807, 2.05) is 15.8 Å². The molecular weight excluding hydrogens is 331 g/mol. The SMILES string of the molecule is O=C(CCc1ccc(F)c(Cl)c1)N1CC(n2cc(C3CC3)nn2)C1. The Morgan fingerprint density at radius 3 is 2.83 bits per heavy atom. The molecule has 24 heavy (non-hydrogen) atoms. The highest BCUT2D eigenvalue weighted by Gasteiger charge is 2.34. The maximum absolute atomic E-state index is 13.1. The van der Waals surface area contributed by atoms with Crippen LogP contribution in [-0.4, -0.2) is 38.9 Å². The molecule has 1 amide bonds. The minimum Gasteiger partial charge on any atom is -0.338 e. The number of aromatic nitrogens is 3. The molecule has 1 aliphatic heterocycles. The van der Waals surface area contributed by atoms with E-state index in [0.29, 0.717) is 31.8 Å². The van der Waals surface area contributed by atoms with Crippen LogP contribution in [0.25, 0.3) is 0 Å². The summed E-state index contributed by atoms with van der Waals surface area (Å²) in [5, 5.41) is 8.49. The second-order valence-corrected chi connectivity index (χ2v) is 7.01. The Kier molecular flexibility index (Phi) is 4.00. The zero-order valence-electron chi connectivity index (χ0n) is 13.2. The molecule has 4 rings (SSSR count). The minimum absolute atomic E-state index is 0.0987. The van der Waals surface area contributed by atoms with Crippen molar-refractivity contribution in [3.05, 3.63) is 46.5 Å². The summed E-state index contributed by atoms with van der Waals surface area (Å²) >= 11 is 5.76. The van der Waals surface area contributed by atoms with E-state index in [-0.39, 0.29) is 17.0 Å². The zero-order valence-corrected chi connectivity index (χ0v) is 13.9. The number of carbonyl (C=O) groups excluding carboxylic acids is 1. The van der Waals surface area contributed by atoms with Gasteiger partial charge < -0.3 is 4.90 Å². The molecule has 0 spiro atoms. The lowest BCUT2D eigenvalue weighted by Gasteiger charge is -2.39. The fourth-order valence-electron chi connectivity index (χ4n) is 2.97. The van der Waals surface area contributed by atoms with Crippen molar-refractivity contribution in [2.75, 3.05) is 13.1 Å². The molecule has 1 saturated heterocycles. The molecular formula is C17H18ClFN4O. The van der Waals surface area contributed by atoms with Crippen molar-refractivity contribution < 1.29 is 9.18 Å². The van der Waals surface area contributed by atoms with E-state index in [0.717, 1.165) is 11.3 Å². The quantitative estimate of drug-likeness (QED) is 0.834. The third-order valence-corrected chi connectivity index (χ3v) is 5.01. The van der Waals surface area contributed by atoms with Crippen LogP contribution in [0.15, 0.2) is 24.4 Å². The molecule has 1 aliphatic carbocycles. The molecule has 1 saturated carbocycles. The van der Waals surface area contributed by atoms with Gasteiger partial charge in [0.1, 0.15) is 5.82 Å². The molecule has 7 heteroatoms. The average molecular weight is 349 g/mol. The van der Waals surface area contributed by atoms with Crippen LogP contribution >= 0.6 is 11.6 Å². The van der Waals surface area contributed by atoms with Crippen molar-refractivity contribution in [1.29, 1.82) is 0 Å². The second-order valence-electron chi connectivity index (χ2n) is 6.60. The number of hydrogen-bond donors (Lipinski definition) is 0. The standard InChI is InChI=1S/C17H18ClFN4O/c18-14-7-11(1-5-15(14)19)2-6-17(24)22-8-13(9-22)23-10-16(20-21-23)12-3-4-12/h1,5,7,10,12-13H,2-4,6,8-9H2. The van der Waals surface area contributed by atoms with Crippen molar-refractivity contribution in [2.45, 2.75) is 37.6 Å². The van der Waals surface area contributed by atoms with Crippen molar-refractivity contribution in [1.82, 2.24) is 19.9 Å². The Balaban J connectivity index is 1.26. The minimum atomic E-state index is -0.435. The van der Waals surface area contributed by atoms with E-state index in [4.69, 9.17) is 11.6 Å². The third kappa shape index (κ3) is 3.15. The largest absolute Gasteiger partial charge is 0.338 e. The van der Waals surface area contributed by atoms with Crippen LogP contribution in [-0.2, 0) is 11.2 Å². The van der Waals surface area contributed by atoms with Crippen LogP contribution in [0.4, 0.5) is 4.39 Å². The lowest BCUT2D eigenvalue weighted by Crippen LogP contribution is -2.51. The maximum atomic E-state index is 13.1. The predicted octanol–water partition coefficient (Wildman–Crippen LogP) is 2.96. The van der Waals surface area contributed by atoms with Crippen molar-refractivity contribution in [3.63, 3.8) is 0 Å². The Morgan fingerprint density at radius 2 is 2.12 bits per heavy atom. The molecule has 2 aliphatic rings. The Bertz CT molecular complexity index is 768. The molecule has 0 N–H and O–H groups in total. The Morgan fingerprint density at radius 1 is 1.33 bits per heavy atom. The highest BCUT2D eigenvalue weighted by molar-refractivity contribution is 6.30. The summed E-state index contributed by atoms with van der Waals surface area (Å²) in [6.45, 7) is 1.35. The van der Waals surface area contributed by atoms with E-state index < -0.39 is 5.82 Å². The van der Waals surface area contributed by atoms with Gasteiger partial charge in [-0.3, -0.25) is 4.79 Å². The van der Waals surface area contributed by atoms with E-state index in [1.165, 1.54) is 18.9 Å². The molecule has 1 aromatic carbocycles. The first-order valence-corrected chi connectivity index (χ1v) is 8.61. The third-order valence-electron chi connectivity index (χ3n) is 4.72. The van der Waals surface area contributed by atoms with Crippen LogP contribution < -0.4 is 0 Å². The summed E-state index contributed by atoms with van der Waals surface area (Å²) in [5.41, 5.74) is 1.95. The van der Waals surface area contributed by atoms with Gasteiger partial charge in [-0.1, -0.05) is 22.9 Å². The first kappa shape index (κ1) is 15.6. The molecule has 126 valence electrons. The van der Waals surface area contributed by atoms with E-state index in [9.17, 15) is 9.18 Å². The average Bonchev–Trinajstić information content (AvgIpc) is 3.26. The zero-order chi connectivity index (χ0) is 16.7. The van der Waals surface area contributed by atoms with Crippen LogP contribution in [0.5, 0.6) is 0 Å².